The topological polar surface area (TPSA) is 63.6 Å². The van der Waals surface area contributed by atoms with Crippen molar-refractivity contribution in [1.82, 2.24) is 14.3 Å². The van der Waals surface area contributed by atoms with Crippen molar-refractivity contribution in [3.05, 3.63) is 70.6 Å². The standard InChI is InChI=1S/C19H19ClN4O/c1-12-18(24-9-14(20)7-8-17(24)22-12)19(25)23-10-15(16(21)11-23)13-5-3-2-4-6-13/h2-9,15-16H,10-11,21H2,1H3. The van der Waals surface area contributed by atoms with E-state index in [2.05, 4.69) is 17.1 Å². The zero-order valence-electron chi connectivity index (χ0n) is 13.9. The fourth-order valence-corrected chi connectivity index (χ4v) is 3.75. The molecule has 0 spiro atoms. The second-order valence-corrected chi connectivity index (χ2v) is 6.95. The molecule has 25 heavy (non-hydrogen) atoms. The van der Waals surface area contributed by atoms with Crippen molar-refractivity contribution in [2.75, 3.05) is 13.1 Å². The number of hydrogen-bond acceptors (Lipinski definition) is 3. The molecule has 2 unspecified atom stereocenters. The first-order valence-electron chi connectivity index (χ1n) is 8.28. The van der Waals surface area contributed by atoms with Gasteiger partial charge in [-0.05, 0) is 24.6 Å². The number of nitrogens with zero attached hydrogens (tertiary/aromatic N) is 3. The number of aryl methyl sites for hydroxylation is 1. The number of carbonyl (C=O) groups is 1. The van der Waals surface area contributed by atoms with Gasteiger partial charge in [0.25, 0.3) is 5.91 Å². The second-order valence-electron chi connectivity index (χ2n) is 6.51. The molecule has 1 aliphatic heterocycles. The van der Waals surface area contributed by atoms with Crippen LogP contribution in [0.5, 0.6) is 0 Å². The van der Waals surface area contributed by atoms with E-state index >= 15 is 0 Å². The zero-order chi connectivity index (χ0) is 17.6. The number of nitrogens with two attached hydrogens (primary N) is 1. The van der Waals surface area contributed by atoms with Gasteiger partial charge in [0.05, 0.1) is 10.7 Å². The Bertz CT molecular complexity index is 937. The maximum atomic E-state index is 13.1. The highest BCUT2D eigenvalue weighted by Crippen LogP contribution is 2.28. The second kappa shape index (κ2) is 6.17. The number of carbonyl (C=O) groups excluding carboxylic acids is 1. The van der Waals surface area contributed by atoms with Gasteiger partial charge in [0.1, 0.15) is 11.3 Å². The molecule has 2 N–H and O–H groups in total. The lowest BCUT2D eigenvalue weighted by atomic mass is 9.95. The van der Waals surface area contributed by atoms with Crippen molar-refractivity contribution in [3.63, 3.8) is 0 Å². The Labute approximate surface area is 151 Å². The Kier molecular flexibility index (Phi) is 3.98. The smallest absolute Gasteiger partial charge is 0.272 e. The van der Waals surface area contributed by atoms with E-state index in [0.29, 0.717) is 35.1 Å². The highest BCUT2D eigenvalue weighted by molar-refractivity contribution is 6.30. The van der Waals surface area contributed by atoms with Crippen LogP contribution in [-0.4, -0.2) is 39.3 Å². The van der Waals surface area contributed by atoms with Crippen molar-refractivity contribution in [1.29, 1.82) is 0 Å². The van der Waals surface area contributed by atoms with Crippen LogP contribution in [0.25, 0.3) is 5.65 Å². The van der Waals surface area contributed by atoms with E-state index in [1.807, 2.05) is 36.1 Å². The number of benzene rings is 1. The van der Waals surface area contributed by atoms with Crippen LogP contribution in [0.15, 0.2) is 48.7 Å². The van der Waals surface area contributed by atoms with Gasteiger partial charge >= 0.3 is 0 Å². The van der Waals surface area contributed by atoms with Crippen LogP contribution in [0.4, 0.5) is 0 Å². The van der Waals surface area contributed by atoms with Gasteiger partial charge in [0.2, 0.25) is 0 Å². The zero-order valence-corrected chi connectivity index (χ0v) is 14.6. The Morgan fingerprint density at radius 1 is 1.20 bits per heavy atom. The molecule has 0 aliphatic carbocycles. The highest BCUT2D eigenvalue weighted by atomic mass is 35.5. The first kappa shape index (κ1) is 16.1. The Hall–Kier alpha value is -2.37. The average molecular weight is 355 g/mol. The number of imidazole rings is 1. The normalized spacial score (nSPS) is 20.4. The predicted molar refractivity (Wildman–Crippen MR) is 98.0 cm³/mol. The Morgan fingerprint density at radius 3 is 2.72 bits per heavy atom. The summed E-state index contributed by atoms with van der Waals surface area (Å²) in [4.78, 5) is 19.4. The molecular formula is C19H19ClN4O. The molecule has 1 amide bonds. The Balaban J connectivity index is 1.66. The molecule has 4 rings (SSSR count). The maximum Gasteiger partial charge on any atom is 0.272 e. The molecule has 1 aliphatic rings. The van der Waals surface area contributed by atoms with Gasteiger partial charge in [0.15, 0.2) is 0 Å². The number of pyridine rings is 1. The quantitative estimate of drug-likeness (QED) is 0.769. The van der Waals surface area contributed by atoms with E-state index in [0.717, 1.165) is 0 Å². The van der Waals surface area contributed by atoms with Crippen LogP contribution in [0.2, 0.25) is 5.02 Å². The maximum absolute atomic E-state index is 13.1. The summed E-state index contributed by atoms with van der Waals surface area (Å²) < 4.78 is 1.77. The van der Waals surface area contributed by atoms with Crippen LogP contribution in [-0.2, 0) is 0 Å². The number of rotatable bonds is 2. The van der Waals surface area contributed by atoms with E-state index in [9.17, 15) is 4.79 Å². The third kappa shape index (κ3) is 2.79. The van der Waals surface area contributed by atoms with Gasteiger partial charge in [-0.2, -0.15) is 0 Å². The van der Waals surface area contributed by atoms with Crippen molar-refractivity contribution in [2.24, 2.45) is 5.73 Å². The molecule has 1 fully saturated rings. The minimum atomic E-state index is -0.0746. The molecule has 1 aromatic carbocycles. The summed E-state index contributed by atoms with van der Waals surface area (Å²) in [6.45, 7) is 2.99. The summed E-state index contributed by atoms with van der Waals surface area (Å²) in [5.41, 5.74) is 9.47. The van der Waals surface area contributed by atoms with Crippen molar-refractivity contribution < 1.29 is 4.79 Å². The summed E-state index contributed by atoms with van der Waals surface area (Å²) in [5.74, 6) is 0.0920. The van der Waals surface area contributed by atoms with Gasteiger partial charge in [-0.15, -0.1) is 0 Å². The number of hydrogen-bond donors (Lipinski definition) is 1. The molecule has 1 saturated heterocycles. The van der Waals surface area contributed by atoms with Crippen molar-refractivity contribution in [3.8, 4) is 0 Å². The average Bonchev–Trinajstić information content (AvgIpc) is 3.14. The van der Waals surface area contributed by atoms with Crippen LogP contribution >= 0.6 is 11.6 Å². The van der Waals surface area contributed by atoms with Crippen molar-refractivity contribution in [2.45, 2.75) is 18.9 Å². The van der Waals surface area contributed by atoms with Gasteiger partial charge in [-0.25, -0.2) is 4.98 Å². The molecule has 5 nitrogen and oxygen atoms in total. The molecule has 6 heteroatoms. The molecule has 0 saturated carbocycles. The monoisotopic (exact) mass is 354 g/mol. The van der Waals surface area contributed by atoms with Gasteiger partial charge < -0.3 is 10.6 Å². The molecular weight excluding hydrogens is 336 g/mol. The summed E-state index contributed by atoms with van der Waals surface area (Å²) in [5, 5.41) is 0.569. The third-order valence-electron chi connectivity index (χ3n) is 4.84. The Morgan fingerprint density at radius 2 is 1.96 bits per heavy atom. The number of fused-ring (bicyclic) bond motifs is 1. The lowest BCUT2D eigenvalue weighted by molar-refractivity contribution is 0.0781. The summed E-state index contributed by atoms with van der Waals surface area (Å²) >= 11 is 6.10. The van der Waals surface area contributed by atoms with E-state index in [-0.39, 0.29) is 17.9 Å². The SMILES string of the molecule is Cc1nc2ccc(Cl)cn2c1C(=O)N1CC(N)C(c2ccccc2)C1. The van der Waals surface area contributed by atoms with Crippen molar-refractivity contribution >= 4 is 23.2 Å². The molecule has 3 aromatic rings. The van der Waals surface area contributed by atoms with Gasteiger partial charge in [0, 0.05) is 31.2 Å². The highest BCUT2D eigenvalue weighted by Gasteiger charge is 2.35. The van der Waals surface area contributed by atoms with E-state index < -0.39 is 0 Å². The molecule has 2 atom stereocenters. The van der Waals surface area contributed by atoms with Crippen LogP contribution in [0.3, 0.4) is 0 Å². The molecule has 0 radical (unpaired) electrons. The number of likely N-dealkylation sites (tertiary alicyclic amines) is 1. The minimum absolute atomic E-state index is 0.0545. The number of amides is 1. The molecule has 128 valence electrons. The predicted octanol–water partition coefficient (Wildman–Crippen LogP) is 2.86. The number of halogens is 1. The minimum Gasteiger partial charge on any atom is -0.335 e. The molecule has 0 bridgehead atoms. The first-order valence-corrected chi connectivity index (χ1v) is 8.66. The lowest BCUT2D eigenvalue weighted by Gasteiger charge is -2.17. The van der Waals surface area contributed by atoms with E-state index in [1.165, 1.54) is 5.56 Å². The fourth-order valence-electron chi connectivity index (χ4n) is 3.59. The van der Waals surface area contributed by atoms with Crippen LogP contribution in [0, 0.1) is 6.92 Å². The lowest BCUT2D eigenvalue weighted by Crippen LogP contribution is -2.33. The van der Waals surface area contributed by atoms with E-state index in [4.69, 9.17) is 17.3 Å². The largest absolute Gasteiger partial charge is 0.335 e. The third-order valence-corrected chi connectivity index (χ3v) is 5.06. The van der Waals surface area contributed by atoms with Gasteiger partial charge in [-0.3, -0.25) is 9.20 Å². The summed E-state index contributed by atoms with van der Waals surface area (Å²) in [6.07, 6.45) is 1.73. The summed E-state index contributed by atoms with van der Waals surface area (Å²) in [6, 6.07) is 13.6. The van der Waals surface area contributed by atoms with Crippen LogP contribution in [0.1, 0.15) is 27.7 Å². The fraction of sp³-hybridized carbons (Fsp3) is 0.263. The molecule has 3 heterocycles. The van der Waals surface area contributed by atoms with Gasteiger partial charge in [-0.1, -0.05) is 41.9 Å². The van der Waals surface area contributed by atoms with Crippen LogP contribution < -0.4 is 5.73 Å². The first-order chi connectivity index (χ1) is 12.0. The molecule has 2 aromatic heterocycles. The number of aromatic nitrogens is 2. The van der Waals surface area contributed by atoms with E-state index in [1.54, 1.807) is 16.7 Å². The summed E-state index contributed by atoms with van der Waals surface area (Å²) in [7, 11) is 0.